The molecule has 0 unspecified atom stereocenters. The van der Waals surface area contributed by atoms with E-state index in [0.717, 1.165) is 17.1 Å². The molecule has 14 heavy (non-hydrogen) atoms. The summed E-state index contributed by atoms with van der Waals surface area (Å²) < 4.78 is 3.18. The molecule has 0 saturated heterocycles. The molecule has 1 aliphatic carbocycles. The fourth-order valence-corrected chi connectivity index (χ4v) is 1.92. The molecule has 1 saturated carbocycles. The molecule has 3 nitrogen and oxygen atoms in total. The van der Waals surface area contributed by atoms with Crippen molar-refractivity contribution < 1.29 is 0 Å². The summed E-state index contributed by atoms with van der Waals surface area (Å²) in [6, 6.07) is 1.18. The van der Waals surface area contributed by atoms with Gasteiger partial charge in [0, 0.05) is 18.6 Å². The Hall–Kier alpha value is -0.350. The average molecular weight is 258 g/mol. The Morgan fingerprint density at radius 1 is 1.64 bits per heavy atom. The van der Waals surface area contributed by atoms with Gasteiger partial charge in [-0.2, -0.15) is 5.10 Å². The van der Waals surface area contributed by atoms with Crippen LogP contribution in [-0.2, 0) is 6.54 Å². The molecule has 2 rings (SSSR count). The van der Waals surface area contributed by atoms with Gasteiger partial charge in [-0.3, -0.25) is 4.68 Å². The van der Waals surface area contributed by atoms with Crippen LogP contribution in [0.25, 0.3) is 0 Å². The number of nitrogens with zero attached hydrogens (tertiary/aromatic N) is 2. The Morgan fingerprint density at radius 3 is 2.93 bits per heavy atom. The normalized spacial score (nSPS) is 16.6. The van der Waals surface area contributed by atoms with E-state index in [1.807, 2.05) is 6.20 Å². The summed E-state index contributed by atoms with van der Waals surface area (Å²) in [6.45, 7) is 5.23. The summed E-state index contributed by atoms with van der Waals surface area (Å²) in [5.41, 5.74) is 1.26. The number of hydrogen-bond donors (Lipinski definition) is 1. The second-order valence-electron chi connectivity index (χ2n) is 4.13. The second kappa shape index (κ2) is 4.03. The number of halogens is 1. The Kier molecular flexibility index (Phi) is 2.93. The van der Waals surface area contributed by atoms with Crippen molar-refractivity contribution in [2.24, 2.45) is 0 Å². The minimum atomic E-state index is 0.428. The predicted molar refractivity (Wildman–Crippen MR) is 60.2 cm³/mol. The molecule has 0 amide bonds. The predicted octanol–water partition coefficient (Wildman–Crippen LogP) is 2.48. The van der Waals surface area contributed by atoms with Gasteiger partial charge in [0.05, 0.1) is 16.4 Å². The van der Waals surface area contributed by atoms with Crippen molar-refractivity contribution in [3.63, 3.8) is 0 Å². The van der Waals surface area contributed by atoms with Crippen molar-refractivity contribution in [2.45, 2.75) is 45.3 Å². The molecule has 1 fully saturated rings. The van der Waals surface area contributed by atoms with Gasteiger partial charge in [-0.1, -0.05) is 0 Å². The molecule has 1 aliphatic rings. The standard InChI is InChI=1S/C10H16BrN3/c1-7(2)14-10(9(11)5-13-14)6-12-8-3-4-8/h5,7-8,12H,3-4,6H2,1-2H3. The van der Waals surface area contributed by atoms with Gasteiger partial charge in [0.15, 0.2) is 0 Å². The minimum Gasteiger partial charge on any atom is -0.308 e. The smallest absolute Gasteiger partial charge is 0.0667 e. The molecule has 78 valence electrons. The molecule has 1 N–H and O–H groups in total. The highest BCUT2D eigenvalue weighted by molar-refractivity contribution is 9.10. The third-order valence-electron chi connectivity index (χ3n) is 2.47. The molecule has 0 aliphatic heterocycles. The highest BCUT2D eigenvalue weighted by Gasteiger charge is 2.21. The van der Waals surface area contributed by atoms with Crippen LogP contribution in [0, 0.1) is 0 Å². The van der Waals surface area contributed by atoms with E-state index in [0.29, 0.717) is 6.04 Å². The zero-order chi connectivity index (χ0) is 10.1. The van der Waals surface area contributed by atoms with Crippen LogP contribution in [0.15, 0.2) is 10.7 Å². The van der Waals surface area contributed by atoms with E-state index >= 15 is 0 Å². The summed E-state index contributed by atoms with van der Waals surface area (Å²) in [5.74, 6) is 0. The lowest BCUT2D eigenvalue weighted by Gasteiger charge is -2.11. The van der Waals surface area contributed by atoms with Crippen LogP contribution in [0.1, 0.15) is 38.4 Å². The summed E-state index contributed by atoms with van der Waals surface area (Å²) in [4.78, 5) is 0. The van der Waals surface area contributed by atoms with E-state index in [4.69, 9.17) is 0 Å². The van der Waals surface area contributed by atoms with Gasteiger partial charge in [-0.05, 0) is 42.6 Å². The lowest BCUT2D eigenvalue weighted by molar-refractivity contribution is 0.494. The Bertz CT molecular complexity index is 315. The maximum Gasteiger partial charge on any atom is 0.0667 e. The van der Waals surface area contributed by atoms with E-state index in [9.17, 15) is 0 Å². The van der Waals surface area contributed by atoms with Crippen LogP contribution >= 0.6 is 15.9 Å². The van der Waals surface area contributed by atoms with Gasteiger partial charge < -0.3 is 5.32 Å². The first-order chi connectivity index (χ1) is 6.68. The summed E-state index contributed by atoms with van der Waals surface area (Å²) >= 11 is 3.53. The first kappa shape index (κ1) is 10.2. The SMILES string of the molecule is CC(C)n1ncc(Br)c1CNC1CC1. The Balaban J connectivity index is 2.07. The van der Waals surface area contributed by atoms with Crippen LogP contribution in [0.4, 0.5) is 0 Å². The van der Waals surface area contributed by atoms with E-state index in [1.54, 1.807) is 0 Å². The van der Waals surface area contributed by atoms with Crippen molar-refractivity contribution in [1.29, 1.82) is 0 Å². The monoisotopic (exact) mass is 257 g/mol. The molecule has 1 aromatic heterocycles. The van der Waals surface area contributed by atoms with E-state index in [2.05, 4.69) is 44.9 Å². The van der Waals surface area contributed by atoms with E-state index in [1.165, 1.54) is 18.5 Å². The van der Waals surface area contributed by atoms with Gasteiger partial charge in [0.1, 0.15) is 0 Å². The zero-order valence-electron chi connectivity index (χ0n) is 8.63. The molecule has 0 spiro atoms. The van der Waals surface area contributed by atoms with Crippen molar-refractivity contribution in [2.75, 3.05) is 0 Å². The number of rotatable bonds is 4. The van der Waals surface area contributed by atoms with Crippen molar-refractivity contribution in [1.82, 2.24) is 15.1 Å². The molecule has 1 aromatic rings. The molecule has 4 heteroatoms. The zero-order valence-corrected chi connectivity index (χ0v) is 10.2. The van der Waals surface area contributed by atoms with Crippen molar-refractivity contribution >= 4 is 15.9 Å². The molecule has 0 aromatic carbocycles. The second-order valence-corrected chi connectivity index (χ2v) is 4.99. The summed E-state index contributed by atoms with van der Waals surface area (Å²) in [7, 11) is 0. The first-order valence-electron chi connectivity index (χ1n) is 5.13. The minimum absolute atomic E-state index is 0.428. The van der Waals surface area contributed by atoms with Crippen LogP contribution in [0.5, 0.6) is 0 Å². The van der Waals surface area contributed by atoms with Crippen LogP contribution < -0.4 is 5.32 Å². The molecule has 1 heterocycles. The van der Waals surface area contributed by atoms with E-state index < -0.39 is 0 Å². The molecular weight excluding hydrogens is 242 g/mol. The maximum absolute atomic E-state index is 4.34. The fourth-order valence-electron chi connectivity index (χ4n) is 1.51. The highest BCUT2D eigenvalue weighted by Crippen LogP contribution is 2.23. The maximum atomic E-state index is 4.34. The largest absolute Gasteiger partial charge is 0.308 e. The summed E-state index contributed by atoms with van der Waals surface area (Å²) in [5, 5.41) is 7.85. The quantitative estimate of drug-likeness (QED) is 0.899. The third kappa shape index (κ3) is 2.17. The first-order valence-corrected chi connectivity index (χ1v) is 5.93. The summed E-state index contributed by atoms with van der Waals surface area (Å²) in [6.07, 6.45) is 4.53. The lowest BCUT2D eigenvalue weighted by atomic mass is 10.3. The van der Waals surface area contributed by atoms with Crippen molar-refractivity contribution in [3.05, 3.63) is 16.4 Å². The van der Waals surface area contributed by atoms with Gasteiger partial charge in [-0.25, -0.2) is 0 Å². The van der Waals surface area contributed by atoms with Crippen LogP contribution in [-0.4, -0.2) is 15.8 Å². The number of aromatic nitrogens is 2. The highest BCUT2D eigenvalue weighted by atomic mass is 79.9. The van der Waals surface area contributed by atoms with Gasteiger partial charge in [0.2, 0.25) is 0 Å². The lowest BCUT2D eigenvalue weighted by Crippen LogP contribution is -2.19. The fraction of sp³-hybridized carbons (Fsp3) is 0.700. The Labute approximate surface area is 93.0 Å². The topological polar surface area (TPSA) is 29.9 Å². The third-order valence-corrected chi connectivity index (χ3v) is 3.13. The van der Waals surface area contributed by atoms with Crippen molar-refractivity contribution in [3.8, 4) is 0 Å². The van der Waals surface area contributed by atoms with Gasteiger partial charge >= 0.3 is 0 Å². The average Bonchev–Trinajstić information content (AvgIpc) is 2.87. The van der Waals surface area contributed by atoms with Crippen LogP contribution in [0.3, 0.4) is 0 Å². The van der Waals surface area contributed by atoms with E-state index in [-0.39, 0.29) is 0 Å². The number of hydrogen-bond acceptors (Lipinski definition) is 2. The van der Waals surface area contributed by atoms with Gasteiger partial charge in [-0.15, -0.1) is 0 Å². The molecule has 0 atom stereocenters. The molecule has 0 radical (unpaired) electrons. The molecular formula is C10H16BrN3. The Morgan fingerprint density at radius 2 is 2.36 bits per heavy atom. The molecule has 0 bridgehead atoms. The number of nitrogens with one attached hydrogen (secondary N) is 1. The van der Waals surface area contributed by atoms with Gasteiger partial charge in [0.25, 0.3) is 0 Å². The van der Waals surface area contributed by atoms with Crippen LogP contribution in [0.2, 0.25) is 0 Å².